The maximum absolute atomic E-state index is 12.2. The summed E-state index contributed by atoms with van der Waals surface area (Å²) in [6.45, 7) is 1.02. The fourth-order valence-corrected chi connectivity index (χ4v) is 7.41. The number of hydrogen-bond acceptors (Lipinski definition) is 4. The molecule has 7 N–H and O–H groups in total. The number of aromatic nitrogens is 2. The Morgan fingerprint density at radius 2 is 1.19 bits per heavy atom. The Bertz CT molecular complexity index is 2560. The number of rotatable bonds is 13. The van der Waals surface area contributed by atoms with Crippen LogP contribution in [0.5, 0.6) is 0 Å². The third-order valence-corrected chi connectivity index (χ3v) is 10.6. The molecule has 8 rings (SSSR count). The summed E-state index contributed by atoms with van der Waals surface area (Å²) < 4.78 is 2.09. The molecule has 0 aliphatic heterocycles. The monoisotopic (exact) mass is 812 g/mol. The molecule has 294 valence electrons. The van der Waals surface area contributed by atoms with Crippen LogP contribution in [-0.2, 0) is 22.7 Å². The second-order valence-electron chi connectivity index (χ2n) is 13.6. The molecule has 0 aliphatic carbocycles. The van der Waals surface area contributed by atoms with Gasteiger partial charge in [0.1, 0.15) is 12.1 Å². The number of H-pyrrole nitrogens is 1. The first-order chi connectivity index (χ1) is 27.8. The van der Waals surface area contributed by atoms with Gasteiger partial charge in [0, 0.05) is 58.4 Å². The summed E-state index contributed by atoms with van der Waals surface area (Å²) in [4.78, 5) is 27.5. The lowest BCUT2D eigenvalue weighted by Gasteiger charge is -2.24. The van der Waals surface area contributed by atoms with E-state index in [4.69, 9.17) is 23.2 Å². The molecule has 0 aliphatic rings. The number of fused-ring (bicyclic) bond motifs is 2. The van der Waals surface area contributed by atoms with E-state index in [0.717, 1.165) is 55.2 Å². The maximum Gasteiger partial charge on any atom is 0.325 e. The van der Waals surface area contributed by atoms with Crippen molar-refractivity contribution in [1.29, 1.82) is 0 Å². The van der Waals surface area contributed by atoms with Crippen LogP contribution in [0, 0.1) is 0 Å². The molecule has 0 radical (unpaired) electrons. The molecule has 58 heavy (non-hydrogen) atoms. The lowest BCUT2D eigenvalue weighted by Crippen LogP contribution is -2.32. The van der Waals surface area contributed by atoms with Gasteiger partial charge < -0.3 is 25.2 Å². The Labute approximate surface area is 345 Å². The highest BCUT2D eigenvalue weighted by molar-refractivity contribution is 6.42. The van der Waals surface area contributed by atoms with Gasteiger partial charge in [-0.25, -0.2) is 0 Å². The van der Waals surface area contributed by atoms with Crippen LogP contribution in [-0.4, -0.2) is 37.2 Å². The van der Waals surface area contributed by atoms with Gasteiger partial charge >= 0.3 is 11.9 Å². The van der Waals surface area contributed by atoms with Crippen LogP contribution in [0.15, 0.2) is 170 Å². The molecule has 0 saturated heterocycles. The lowest BCUT2D eigenvalue weighted by molar-refractivity contribution is -0.140. The number of benzene rings is 6. The number of aliphatic carboxylic acids is 2. The molecular formula is C47H42Cl2N4O5. The number of nitrogens with one attached hydrogen (secondary N) is 3. The Kier molecular flexibility index (Phi) is 13.8. The van der Waals surface area contributed by atoms with Gasteiger partial charge in [-0.1, -0.05) is 157 Å². The van der Waals surface area contributed by atoms with Gasteiger partial charge in [0.05, 0.1) is 16.1 Å². The van der Waals surface area contributed by atoms with Crippen LogP contribution in [0.3, 0.4) is 0 Å². The average Bonchev–Trinajstić information content (AvgIpc) is 3.82. The highest BCUT2D eigenvalue weighted by Crippen LogP contribution is 2.31. The maximum atomic E-state index is 12.2. The second-order valence-corrected chi connectivity index (χ2v) is 14.4. The van der Waals surface area contributed by atoms with Crippen molar-refractivity contribution in [3.63, 3.8) is 0 Å². The standard InChI is InChI=1S/C24H20Cl2N2O2.C23H20N2O2.H2O/c25-20-11-10-17(12-21(20)26)13-27-23(24(29)30)19-15-28(14-16-6-2-1-3-7-16)22-9-5-4-8-18(19)22;26-23(27)22(19-15-24-20-14-8-7-13-18(19)20)25-21(16-9-3-1-4-10-16)17-11-5-2-6-12-17;/h1-12,15,23,27H,13-14H2,(H,29,30);1-15,21-22,24-25H,(H,26,27);1H2. The van der Waals surface area contributed by atoms with Gasteiger partial charge in [-0.05, 0) is 46.5 Å². The molecule has 0 saturated carbocycles. The molecule has 11 heteroatoms. The minimum atomic E-state index is -0.933. The molecule has 2 aromatic heterocycles. The van der Waals surface area contributed by atoms with E-state index in [1.54, 1.807) is 18.3 Å². The second kappa shape index (κ2) is 19.3. The Balaban J connectivity index is 0.000000193. The predicted molar refractivity (Wildman–Crippen MR) is 231 cm³/mol. The van der Waals surface area contributed by atoms with Crippen molar-refractivity contribution in [3.05, 3.63) is 214 Å². The van der Waals surface area contributed by atoms with Gasteiger partial charge in [-0.15, -0.1) is 0 Å². The molecule has 0 amide bonds. The molecular weight excluding hydrogens is 771 g/mol. The number of halogens is 2. The van der Waals surface area contributed by atoms with Crippen LogP contribution in [0.1, 0.15) is 51.5 Å². The molecule has 2 atom stereocenters. The van der Waals surface area contributed by atoms with Crippen molar-refractivity contribution < 1.29 is 25.3 Å². The van der Waals surface area contributed by atoms with Gasteiger partial charge in [-0.2, -0.15) is 0 Å². The first-order valence-corrected chi connectivity index (χ1v) is 19.2. The molecule has 0 spiro atoms. The molecule has 8 aromatic rings. The minimum absolute atomic E-state index is 0. The summed E-state index contributed by atoms with van der Waals surface area (Å²) in [5.74, 6) is -1.84. The van der Waals surface area contributed by atoms with E-state index in [0.29, 0.717) is 23.1 Å². The first-order valence-electron chi connectivity index (χ1n) is 18.4. The Hall–Kier alpha value is -6.20. The van der Waals surface area contributed by atoms with Crippen LogP contribution < -0.4 is 10.6 Å². The Morgan fingerprint density at radius 3 is 1.81 bits per heavy atom. The van der Waals surface area contributed by atoms with Gasteiger partial charge in [0.2, 0.25) is 0 Å². The van der Waals surface area contributed by atoms with Crippen molar-refractivity contribution >= 4 is 56.9 Å². The van der Waals surface area contributed by atoms with Crippen molar-refractivity contribution in [2.45, 2.75) is 31.2 Å². The summed E-state index contributed by atoms with van der Waals surface area (Å²) >= 11 is 12.1. The minimum Gasteiger partial charge on any atom is -0.480 e. The number of carboxylic acid groups (broad SMARTS) is 2. The predicted octanol–water partition coefficient (Wildman–Crippen LogP) is 9.76. The number of para-hydroxylation sites is 2. The summed E-state index contributed by atoms with van der Waals surface area (Å²) in [6, 6.07) is 48.9. The average molecular weight is 814 g/mol. The molecule has 9 nitrogen and oxygen atoms in total. The van der Waals surface area contributed by atoms with Crippen molar-refractivity contribution in [3.8, 4) is 0 Å². The van der Waals surface area contributed by atoms with E-state index < -0.39 is 24.0 Å². The van der Waals surface area contributed by atoms with E-state index >= 15 is 0 Å². The zero-order valence-electron chi connectivity index (χ0n) is 31.2. The van der Waals surface area contributed by atoms with Crippen LogP contribution >= 0.6 is 23.2 Å². The normalized spacial score (nSPS) is 12.1. The summed E-state index contributed by atoms with van der Waals surface area (Å²) in [5.41, 5.74) is 7.45. The highest BCUT2D eigenvalue weighted by atomic mass is 35.5. The molecule has 0 fully saturated rings. The van der Waals surface area contributed by atoms with Gasteiger partial charge in [0.25, 0.3) is 0 Å². The fourth-order valence-electron chi connectivity index (χ4n) is 7.09. The quantitative estimate of drug-likeness (QED) is 0.0782. The fraction of sp³-hybridized carbons (Fsp3) is 0.106. The van der Waals surface area contributed by atoms with E-state index in [9.17, 15) is 19.8 Å². The van der Waals surface area contributed by atoms with Gasteiger partial charge in [0.15, 0.2) is 0 Å². The summed E-state index contributed by atoms with van der Waals surface area (Å²) in [6.07, 6.45) is 3.71. The zero-order valence-corrected chi connectivity index (χ0v) is 32.7. The number of hydrogen-bond donors (Lipinski definition) is 5. The highest BCUT2D eigenvalue weighted by Gasteiger charge is 2.28. The van der Waals surface area contributed by atoms with E-state index in [1.807, 2.05) is 140 Å². The number of nitrogens with zero attached hydrogens (tertiary/aromatic N) is 1. The lowest BCUT2D eigenvalue weighted by atomic mass is 9.96. The number of carbonyl (C=O) groups is 2. The van der Waals surface area contributed by atoms with Crippen molar-refractivity contribution in [2.75, 3.05) is 0 Å². The molecule has 0 bridgehead atoms. The largest absolute Gasteiger partial charge is 0.480 e. The first kappa shape index (κ1) is 41.4. The number of carboxylic acids is 2. The van der Waals surface area contributed by atoms with Crippen LogP contribution in [0.2, 0.25) is 10.0 Å². The zero-order chi connectivity index (χ0) is 39.7. The third kappa shape index (κ3) is 9.66. The molecule has 2 unspecified atom stereocenters. The summed E-state index contributed by atoms with van der Waals surface area (Å²) in [7, 11) is 0. The molecule has 6 aromatic carbocycles. The van der Waals surface area contributed by atoms with Crippen LogP contribution in [0.4, 0.5) is 0 Å². The topological polar surface area (TPSA) is 151 Å². The third-order valence-electron chi connectivity index (χ3n) is 9.85. The van der Waals surface area contributed by atoms with Crippen molar-refractivity contribution in [2.24, 2.45) is 0 Å². The van der Waals surface area contributed by atoms with Crippen LogP contribution in [0.25, 0.3) is 21.8 Å². The van der Waals surface area contributed by atoms with E-state index in [-0.39, 0.29) is 11.5 Å². The smallest absolute Gasteiger partial charge is 0.325 e. The Morgan fingerprint density at radius 1 is 0.621 bits per heavy atom. The van der Waals surface area contributed by atoms with E-state index in [1.165, 1.54) is 0 Å². The SMILES string of the molecule is O.O=C(O)C(NC(c1ccccc1)c1ccccc1)c1c[nH]c2ccccc12.O=C(O)C(NCc1ccc(Cl)c(Cl)c1)c1cn(Cc2ccccc2)c2ccccc12. The molecule has 2 heterocycles. The van der Waals surface area contributed by atoms with E-state index in [2.05, 4.69) is 32.3 Å². The van der Waals surface area contributed by atoms with Gasteiger partial charge in [-0.3, -0.25) is 20.2 Å². The van der Waals surface area contributed by atoms with Crippen molar-refractivity contribution in [1.82, 2.24) is 20.2 Å². The number of aromatic amines is 1. The summed E-state index contributed by atoms with van der Waals surface area (Å²) in [5, 5.41) is 29.2.